The molecule has 108 valence electrons. The first-order valence-corrected chi connectivity index (χ1v) is 7.16. The van der Waals surface area contributed by atoms with Crippen LogP contribution in [0.15, 0.2) is 24.5 Å². The summed E-state index contributed by atoms with van der Waals surface area (Å²) in [4.78, 5) is 15.7. The van der Waals surface area contributed by atoms with Crippen LogP contribution in [-0.4, -0.2) is 36.1 Å². The van der Waals surface area contributed by atoms with Crippen LogP contribution in [0.1, 0.15) is 42.5 Å². The number of hydrogen-bond donors (Lipinski definition) is 0. The molecule has 2 aliphatic rings. The molecule has 1 unspecified atom stereocenters. The smallest absolute Gasteiger partial charge is 0.339 e. The second kappa shape index (κ2) is 5.89. The van der Waals surface area contributed by atoms with Crippen LogP contribution in [0.2, 0.25) is 0 Å². The van der Waals surface area contributed by atoms with E-state index in [0.29, 0.717) is 12.2 Å². The van der Waals surface area contributed by atoms with Crippen LogP contribution in [0, 0.1) is 0 Å². The molecular formula is C15H19NO4. The van der Waals surface area contributed by atoms with E-state index < -0.39 is 5.79 Å². The van der Waals surface area contributed by atoms with E-state index in [4.69, 9.17) is 14.2 Å². The fourth-order valence-corrected chi connectivity index (χ4v) is 2.79. The topological polar surface area (TPSA) is 57.7 Å². The summed E-state index contributed by atoms with van der Waals surface area (Å²) in [6, 6.07) is 3.40. The number of pyridine rings is 1. The number of carbonyl (C=O) groups excluding carboxylic acids is 1. The van der Waals surface area contributed by atoms with Gasteiger partial charge in [0.2, 0.25) is 0 Å². The van der Waals surface area contributed by atoms with Gasteiger partial charge in [0.1, 0.15) is 12.7 Å². The summed E-state index contributed by atoms with van der Waals surface area (Å²) in [5, 5.41) is 0. The Hall–Kier alpha value is -1.46. The van der Waals surface area contributed by atoms with Crippen molar-refractivity contribution in [1.29, 1.82) is 0 Å². The van der Waals surface area contributed by atoms with Crippen molar-refractivity contribution in [3.8, 4) is 0 Å². The molecule has 1 aliphatic carbocycles. The van der Waals surface area contributed by atoms with Crippen LogP contribution in [0.25, 0.3) is 0 Å². The van der Waals surface area contributed by atoms with E-state index >= 15 is 0 Å². The summed E-state index contributed by atoms with van der Waals surface area (Å²) >= 11 is 0. The molecular weight excluding hydrogens is 258 g/mol. The average molecular weight is 277 g/mol. The molecule has 1 aromatic heterocycles. The molecule has 3 rings (SSSR count). The van der Waals surface area contributed by atoms with Crippen LogP contribution in [0.3, 0.4) is 0 Å². The Morgan fingerprint density at radius 1 is 1.40 bits per heavy atom. The average Bonchev–Trinajstić information content (AvgIpc) is 2.89. The molecule has 5 nitrogen and oxygen atoms in total. The van der Waals surface area contributed by atoms with E-state index in [2.05, 4.69) is 4.98 Å². The minimum absolute atomic E-state index is 0.159. The molecule has 0 bridgehead atoms. The number of ether oxygens (including phenoxy) is 3. The van der Waals surface area contributed by atoms with Crippen molar-refractivity contribution >= 4 is 5.97 Å². The van der Waals surface area contributed by atoms with Crippen molar-refractivity contribution in [3.63, 3.8) is 0 Å². The minimum Gasteiger partial charge on any atom is -0.459 e. The van der Waals surface area contributed by atoms with Crippen molar-refractivity contribution < 1.29 is 19.0 Å². The monoisotopic (exact) mass is 277 g/mol. The summed E-state index contributed by atoms with van der Waals surface area (Å²) in [7, 11) is 0. The lowest BCUT2D eigenvalue weighted by atomic mass is 9.94. The van der Waals surface area contributed by atoms with Crippen molar-refractivity contribution in [3.05, 3.63) is 30.1 Å². The van der Waals surface area contributed by atoms with Gasteiger partial charge in [0.15, 0.2) is 5.79 Å². The van der Waals surface area contributed by atoms with Gasteiger partial charge < -0.3 is 14.2 Å². The highest BCUT2D eigenvalue weighted by Gasteiger charge is 2.42. The molecule has 5 heteroatoms. The van der Waals surface area contributed by atoms with Gasteiger partial charge >= 0.3 is 5.97 Å². The van der Waals surface area contributed by atoms with Gasteiger partial charge in [-0.3, -0.25) is 4.98 Å². The zero-order chi connectivity index (χ0) is 13.8. The summed E-state index contributed by atoms with van der Waals surface area (Å²) < 4.78 is 17.0. The molecule has 0 amide bonds. The number of esters is 1. The van der Waals surface area contributed by atoms with E-state index in [9.17, 15) is 4.79 Å². The summed E-state index contributed by atoms with van der Waals surface area (Å²) in [5.41, 5.74) is 0.457. The normalized spacial score (nSPS) is 24.7. The molecule has 1 aliphatic heterocycles. The molecule has 2 fully saturated rings. The maximum atomic E-state index is 11.8. The highest BCUT2D eigenvalue weighted by Crippen LogP contribution is 2.37. The van der Waals surface area contributed by atoms with Gasteiger partial charge in [0, 0.05) is 25.2 Å². The molecule has 0 aromatic carbocycles. The third-order valence-corrected chi connectivity index (χ3v) is 3.83. The SMILES string of the molecule is O=C(OCC1COC2(CCCCC2)O1)c1cccnc1. The molecule has 0 radical (unpaired) electrons. The Bertz CT molecular complexity index is 456. The zero-order valence-corrected chi connectivity index (χ0v) is 11.4. The first kappa shape index (κ1) is 13.5. The zero-order valence-electron chi connectivity index (χ0n) is 11.4. The van der Waals surface area contributed by atoms with E-state index in [-0.39, 0.29) is 18.7 Å². The Morgan fingerprint density at radius 2 is 2.25 bits per heavy atom. The molecule has 1 atom stereocenters. The number of nitrogens with zero attached hydrogens (tertiary/aromatic N) is 1. The molecule has 1 aromatic rings. The van der Waals surface area contributed by atoms with Crippen LogP contribution >= 0.6 is 0 Å². The summed E-state index contributed by atoms with van der Waals surface area (Å²) in [6.07, 6.45) is 8.38. The standard InChI is InChI=1S/C15H19NO4/c17-14(12-5-4-8-16-9-12)18-10-13-11-19-15(20-13)6-2-1-3-7-15/h4-5,8-9,13H,1-3,6-7,10-11H2. The second-order valence-electron chi connectivity index (χ2n) is 5.36. The van der Waals surface area contributed by atoms with Crippen molar-refractivity contribution in [2.24, 2.45) is 0 Å². The Balaban J connectivity index is 1.49. The third-order valence-electron chi connectivity index (χ3n) is 3.83. The van der Waals surface area contributed by atoms with Crippen molar-refractivity contribution in [1.82, 2.24) is 4.98 Å². The number of aromatic nitrogens is 1. The lowest BCUT2D eigenvalue weighted by Crippen LogP contribution is -2.34. The van der Waals surface area contributed by atoms with Crippen LogP contribution in [0.4, 0.5) is 0 Å². The van der Waals surface area contributed by atoms with Gasteiger partial charge in [-0.2, -0.15) is 0 Å². The maximum Gasteiger partial charge on any atom is 0.339 e. The summed E-state index contributed by atoms with van der Waals surface area (Å²) in [6.45, 7) is 0.732. The van der Waals surface area contributed by atoms with Crippen LogP contribution in [-0.2, 0) is 14.2 Å². The van der Waals surface area contributed by atoms with E-state index in [1.165, 1.54) is 12.6 Å². The molecule has 1 spiro atoms. The first-order valence-electron chi connectivity index (χ1n) is 7.16. The second-order valence-corrected chi connectivity index (χ2v) is 5.36. The van der Waals surface area contributed by atoms with E-state index in [1.807, 2.05) is 0 Å². The number of rotatable bonds is 3. The van der Waals surface area contributed by atoms with Gasteiger partial charge in [-0.1, -0.05) is 6.42 Å². The molecule has 0 N–H and O–H groups in total. The first-order chi connectivity index (χ1) is 9.77. The fraction of sp³-hybridized carbons (Fsp3) is 0.600. The van der Waals surface area contributed by atoms with Gasteiger partial charge in [-0.15, -0.1) is 0 Å². The Morgan fingerprint density at radius 3 is 3.00 bits per heavy atom. The highest BCUT2D eigenvalue weighted by atomic mass is 16.8. The lowest BCUT2D eigenvalue weighted by molar-refractivity contribution is -0.189. The van der Waals surface area contributed by atoms with Gasteiger partial charge in [0.25, 0.3) is 0 Å². The van der Waals surface area contributed by atoms with Crippen LogP contribution < -0.4 is 0 Å². The van der Waals surface area contributed by atoms with Gasteiger partial charge in [-0.25, -0.2) is 4.79 Å². The van der Waals surface area contributed by atoms with E-state index in [0.717, 1.165) is 25.7 Å². The Labute approximate surface area is 118 Å². The quantitative estimate of drug-likeness (QED) is 0.794. The number of hydrogen-bond acceptors (Lipinski definition) is 5. The van der Waals surface area contributed by atoms with Crippen LogP contribution in [0.5, 0.6) is 0 Å². The van der Waals surface area contributed by atoms with Crippen molar-refractivity contribution in [2.75, 3.05) is 13.2 Å². The summed E-state index contributed by atoms with van der Waals surface area (Å²) in [5.74, 6) is -0.782. The van der Waals surface area contributed by atoms with Gasteiger partial charge in [0.05, 0.1) is 12.2 Å². The predicted molar refractivity (Wildman–Crippen MR) is 71.2 cm³/mol. The lowest BCUT2D eigenvalue weighted by Gasteiger charge is -2.31. The molecule has 1 saturated heterocycles. The third kappa shape index (κ3) is 2.99. The molecule has 20 heavy (non-hydrogen) atoms. The Kier molecular flexibility index (Phi) is 3.98. The number of carbonyl (C=O) groups is 1. The van der Waals surface area contributed by atoms with Crippen molar-refractivity contribution in [2.45, 2.75) is 44.0 Å². The highest BCUT2D eigenvalue weighted by molar-refractivity contribution is 5.88. The fourth-order valence-electron chi connectivity index (χ4n) is 2.79. The van der Waals surface area contributed by atoms with E-state index in [1.54, 1.807) is 18.3 Å². The maximum absolute atomic E-state index is 11.8. The predicted octanol–water partition coefficient (Wildman–Crippen LogP) is 2.31. The minimum atomic E-state index is -0.413. The molecule has 2 heterocycles. The molecule has 1 saturated carbocycles. The largest absolute Gasteiger partial charge is 0.459 e. The van der Waals surface area contributed by atoms with Gasteiger partial charge in [-0.05, 0) is 25.0 Å².